The molecule has 0 saturated heterocycles. The Hall–Kier alpha value is -2.09. The zero-order valence-corrected chi connectivity index (χ0v) is 10.8. The van der Waals surface area contributed by atoms with E-state index in [1.165, 1.54) is 18.2 Å². The summed E-state index contributed by atoms with van der Waals surface area (Å²) >= 11 is 0. The molecule has 21 heavy (non-hydrogen) atoms. The van der Waals surface area contributed by atoms with Gasteiger partial charge in [0.15, 0.2) is 6.10 Å². The third-order valence-corrected chi connectivity index (χ3v) is 3.10. The molecular formula is C13H13F3N2O3. The summed E-state index contributed by atoms with van der Waals surface area (Å²) in [6.07, 6.45) is -6.61. The molecule has 2 rings (SSSR count). The summed E-state index contributed by atoms with van der Waals surface area (Å²) < 4.78 is 36.4. The van der Waals surface area contributed by atoms with Crippen LogP contribution in [0.4, 0.5) is 18.9 Å². The predicted molar refractivity (Wildman–Crippen MR) is 67.8 cm³/mol. The van der Waals surface area contributed by atoms with Crippen LogP contribution in [0.2, 0.25) is 0 Å². The summed E-state index contributed by atoms with van der Waals surface area (Å²) in [6, 6.07) is 4.45. The summed E-state index contributed by atoms with van der Waals surface area (Å²) in [5.74, 6) is -0.828. The fraction of sp³-hybridized carbons (Fsp3) is 0.385. The highest BCUT2D eigenvalue weighted by molar-refractivity contribution is 5.97. The van der Waals surface area contributed by atoms with Crippen LogP contribution in [-0.4, -0.2) is 35.7 Å². The van der Waals surface area contributed by atoms with Crippen LogP contribution < -0.4 is 10.6 Å². The Morgan fingerprint density at radius 2 is 2.10 bits per heavy atom. The lowest BCUT2D eigenvalue weighted by atomic mass is 10.00. The number of fused-ring (bicyclic) bond motifs is 1. The van der Waals surface area contributed by atoms with Crippen molar-refractivity contribution in [2.45, 2.75) is 25.1 Å². The largest absolute Gasteiger partial charge is 0.416 e. The first kappa shape index (κ1) is 15.3. The molecular weight excluding hydrogens is 289 g/mol. The molecule has 0 radical (unpaired) electrons. The summed E-state index contributed by atoms with van der Waals surface area (Å²) in [6.45, 7) is -0.907. The number of aryl methyl sites for hydroxylation is 1. The van der Waals surface area contributed by atoms with E-state index in [9.17, 15) is 22.8 Å². The number of aliphatic hydroxyl groups excluding tert-OH is 1. The second-order valence-electron chi connectivity index (χ2n) is 4.69. The Kier molecular flexibility index (Phi) is 4.17. The summed E-state index contributed by atoms with van der Waals surface area (Å²) in [5, 5.41) is 13.5. The molecule has 8 heteroatoms. The number of halogens is 3. The summed E-state index contributed by atoms with van der Waals surface area (Å²) in [4.78, 5) is 22.9. The monoisotopic (exact) mass is 302 g/mol. The van der Waals surface area contributed by atoms with E-state index in [-0.39, 0.29) is 11.5 Å². The van der Waals surface area contributed by atoms with Gasteiger partial charge in [-0.2, -0.15) is 13.2 Å². The molecule has 1 aromatic rings. The lowest BCUT2D eigenvalue weighted by Crippen LogP contribution is -2.40. The zero-order valence-electron chi connectivity index (χ0n) is 10.8. The predicted octanol–water partition coefficient (Wildman–Crippen LogP) is 1.22. The van der Waals surface area contributed by atoms with E-state index in [1.807, 2.05) is 5.32 Å². The number of hydrogen-bond donors (Lipinski definition) is 3. The van der Waals surface area contributed by atoms with Gasteiger partial charge in [-0.25, -0.2) is 0 Å². The van der Waals surface area contributed by atoms with Gasteiger partial charge in [-0.15, -0.1) is 0 Å². The van der Waals surface area contributed by atoms with Crippen molar-refractivity contribution in [3.63, 3.8) is 0 Å². The number of alkyl halides is 3. The molecule has 5 nitrogen and oxygen atoms in total. The molecule has 0 aliphatic carbocycles. The molecule has 0 fully saturated rings. The minimum Gasteiger partial charge on any atom is -0.382 e. The summed E-state index contributed by atoms with van der Waals surface area (Å²) in [7, 11) is 0. The van der Waals surface area contributed by atoms with E-state index >= 15 is 0 Å². The number of rotatable bonds is 3. The van der Waals surface area contributed by atoms with Crippen molar-refractivity contribution < 1.29 is 27.9 Å². The van der Waals surface area contributed by atoms with Crippen LogP contribution >= 0.6 is 0 Å². The molecule has 3 N–H and O–H groups in total. The van der Waals surface area contributed by atoms with Gasteiger partial charge in [0.25, 0.3) is 5.91 Å². The number of nitrogens with one attached hydrogen (secondary N) is 2. The van der Waals surface area contributed by atoms with Crippen LogP contribution in [0.5, 0.6) is 0 Å². The molecule has 0 bridgehead atoms. The number of carbonyl (C=O) groups is 2. The van der Waals surface area contributed by atoms with Crippen LogP contribution in [0, 0.1) is 0 Å². The first-order valence-electron chi connectivity index (χ1n) is 6.23. The minimum atomic E-state index is -4.77. The minimum absolute atomic E-state index is 0.118. The number of anilines is 1. The topological polar surface area (TPSA) is 78.4 Å². The van der Waals surface area contributed by atoms with Crippen LogP contribution in [0.15, 0.2) is 18.2 Å². The molecule has 1 unspecified atom stereocenters. The molecule has 2 amide bonds. The second-order valence-corrected chi connectivity index (χ2v) is 4.69. The Bertz CT molecular complexity index is 572. The first-order chi connectivity index (χ1) is 9.77. The molecule has 114 valence electrons. The molecule has 1 atom stereocenters. The van der Waals surface area contributed by atoms with Gasteiger partial charge in [-0.05, 0) is 30.2 Å². The van der Waals surface area contributed by atoms with Gasteiger partial charge in [0.05, 0.1) is 6.54 Å². The molecule has 1 aromatic carbocycles. The number of benzene rings is 1. The number of carbonyl (C=O) groups excluding carboxylic acids is 2. The quantitative estimate of drug-likeness (QED) is 0.785. The smallest absolute Gasteiger partial charge is 0.382 e. The fourth-order valence-electron chi connectivity index (χ4n) is 1.93. The average Bonchev–Trinajstić information content (AvgIpc) is 2.42. The fourth-order valence-corrected chi connectivity index (χ4v) is 1.93. The lowest BCUT2D eigenvalue weighted by Gasteiger charge is -2.18. The maximum atomic E-state index is 12.1. The van der Waals surface area contributed by atoms with Crippen LogP contribution in [0.3, 0.4) is 0 Å². The standard InChI is InChI=1S/C13H13F3N2O3/c14-13(15,16)10(19)6-17-12(21)8-1-3-9-7(5-8)2-4-11(20)18-9/h1,3,5,10,19H,2,4,6H2,(H,17,21)(H,18,20). The van der Waals surface area contributed by atoms with Crippen molar-refractivity contribution in [3.05, 3.63) is 29.3 Å². The van der Waals surface area contributed by atoms with Gasteiger partial charge < -0.3 is 15.7 Å². The maximum Gasteiger partial charge on any atom is 0.416 e. The number of amides is 2. The van der Waals surface area contributed by atoms with Gasteiger partial charge in [-0.1, -0.05) is 0 Å². The highest BCUT2D eigenvalue weighted by Crippen LogP contribution is 2.23. The third kappa shape index (κ3) is 3.72. The average molecular weight is 302 g/mol. The Morgan fingerprint density at radius 1 is 1.38 bits per heavy atom. The van der Waals surface area contributed by atoms with Crippen molar-refractivity contribution in [1.82, 2.24) is 5.32 Å². The number of hydrogen-bond acceptors (Lipinski definition) is 3. The van der Waals surface area contributed by atoms with Crippen LogP contribution in [0.25, 0.3) is 0 Å². The second kappa shape index (κ2) is 5.72. The maximum absolute atomic E-state index is 12.1. The van der Waals surface area contributed by atoms with Gasteiger partial charge in [0, 0.05) is 17.7 Å². The van der Waals surface area contributed by atoms with Crippen molar-refractivity contribution in [1.29, 1.82) is 0 Å². The molecule has 0 spiro atoms. The Morgan fingerprint density at radius 3 is 2.76 bits per heavy atom. The van der Waals surface area contributed by atoms with Gasteiger partial charge >= 0.3 is 6.18 Å². The van der Waals surface area contributed by atoms with E-state index in [1.54, 1.807) is 0 Å². The van der Waals surface area contributed by atoms with Gasteiger partial charge in [0.1, 0.15) is 0 Å². The Balaban J connectivity index is 2.02. The Labute approximate surface area is 118 Å². The van der Waals surface area contributed by atoms with Crippen molar-refractivity contribution >= 4 is 17.5 Å². The lowest BCUT2D eigenvalue weighted by molar-refractivity contribution is -0.201. The molecule has 1 aliphatic rings. The molecule has 1 heterocycles. The van der Waals surface area contributed by atoms with Gasteiger partial charge in [-0.3, -0.25) is 9.59 Å². The van der Waals surface area contributed by atoms with Crippen molar-refractivity contribution in [2.24, 2.45) is 0 Å². The van der Waals surface area contributed by atoms with E-state index in [0.717, 1.165) is 5.56 Å². The van der Waals surface area contributed by atoms with E-state index in [0.29, 0.717) is 18.5 Å². The first-order valence-corrected chi connectivity index (χ1v) is 6.23. The third-order valence-electron chi connectivity index (χ3n) is 3.10. The number of aliphatic hydroxyl groups is 1. The van der Waals surface area contributed by atoms with E-state index in [4.69, 9.17) is 5.11 Å². The molecule has 1 aliphatic heterocycles. The normalized spacial score (nSPS) is 15.9. The molecule has 0 saturated carbocycles. The van der Waals surface area contributed by atoms with E-state index in [2.05, 4.69) is 5.32 Å². The van der Waals surface area contributed by atoms with Crippen molar-refractivity contribution in [3.8, 4) is 0 Å². The SMILES string of the molecule is O=C1CCc2cc(C(=O)NCC(O)C(F)(F)F)ccc2N1. The highest BCUT2D eigenvalue weighted by Gasteiger charge is 2.38. The summed E-state index contributed by atoms with van der Waals surface area (Å²) in [5.41, 5.74) is 1.52. The molecule has 0 aromatic heterocycles. The van der Waals surface area contributed by atoms with Crippen LogP contribution in [-0.2, 0) is 11.2 Å². The van der Waals surface area contributed by atoms with Gasteiger partial charge in [0.2, 0.25) is 5.91 Å². The zero-order chi connectivity index (χ0) is 15.6. The highest BCUT2D eigenvalue weighted by atomic mass is 19.4. The van der Waals surface area contributed by atoms with Crippen molar-refractivity contribution in [2.75, 3.05) is 11.9 Å². The van der Waals surface area contributed by atoms with E-state index < -0.39 is 24.7 Å². The van der Waals surface area contributed by atoms with Crippen LogP contribution in [0.1, 0.15) is 22.3 Å².